The Labute approximate surface area is 154 Å². The van der Waals surface area contributed by atoms with Gasteiger partial charge in [0.05, 0.1) is 12.1 Å². The van der Waals surface area contributed by atoms with Crippen LogP contribution in [0.15, 0.2) is 4.99 Å². The Kier molecular flexibility index (Phi) is 6.24. The molecule has 8 heteroatoms. The van der Waals surface area contributed by atoms with Crippen molar-refractivity contribution in [1.82, 2.24) is 25.4 Å². The van der Waals surface area contributed by atoms with Gasteiger partial charge in [-0.25, -0.2) is 0 Å². The second-order valence-corrected chi connectivity index (χ2v) is 6.37. The first kappa shape index (κ1) is 18.4. The van der Waals surface area contributed by atoms with E-state index in [4.69, 9.17) is 4.74 Å². The fourth-order valence-corrected chi connectivity index (χ4v) is 3.23. The Morgan fingerprint density at radius 2 is 2.22 bits per heavy atom. The molecule has 3 rings (SSSR count). The largest absolute Gasteiger partial charge is 0.375 e. The minimum Gasteiger partial charge on any atom is -0.375 e. The third-order valence-corrected chi connectivity index (χ3v) is 4.92. The summed E-state index contributed by atoms with van der Waals surface area (Å²) >= 11 is 0. The highest BCUT2D eigenvalue weighted by Gasteiger charge is 2.42. The molecule has 2 aliphatic rings. The summed E-state index contributed by atoms with van der Waals surface area (Å²) in [7, 11) is 3.77. The fourth-order valence-electron chi connectivity index (χ4n) is 3.23. The van der Waals surface area contributed by atoms with E-state index in [0.29, 0.717) is 12.6 Å². The summed E-state index contributed by atoms with van der Waals surface area (Å²) in [5, 5.41) is 15.1. The monoisotopic (exact) mass is 434 g/mol. The van der Waals surface area contributed by atoms with Gasteiger partial charge >= 0.3 is 0 Å². The SMILES string of the molecule is CN=C(NCc1nnc(C)n1C)NC1CCOC2(CCC2)C1.I. The van der Waals surface area contributed by atoms with Crippen molar-refractivity contribution in [2.75, 3.05) is 13.7 Å². The van der Waals surface area contributed by atoms with Crippen LogP contribution in [0.3, 0.4) is 0 Å². The van der Waals surface area contributed by atoms with Gasteiger partial charge in [-0.05, 0) is 39.0 Å². The van der Waals surface area contributed by atoms with Crippen LogP contribution in [-0.2, 0) is 18.3 Å². The summed E-state index contributed by atoms with van der Waals surface area (Å²) < 4.78 is 7.96. The van der Waals surface area contributed by atoms with Gasteiger partial charge in [0.1, 0.15) is 5.82 Å². The number of aromatic nitrogens is 3. The van der Waals surface area contributed by atoms with E-state index in [1.165, 1.54) is 19.3 Å². The smallest absolute Gasteiger partial charge is 0.191 e. The lowest BCUT2D eigenvalue weighted by Gasteiger charge is -2.47. The van der Waals surface area contributed by atoms with Gasteiger partial charge in [-0.1, -0.05) is 0 Å². The Morgan fingerprint density at radius 1 is 1.43 bits per heavy atom. The average Bonchev–Trinajstić information content (AvgIpc) is 2.82. The number of aliphatic imine (C=N–C) groups is 1. The van der Waals surface area contributed by atoms with Crippen LogP contribution in [0, 0.1) is 6.92 Å². The van der Waals surface area contributed by atoms with E-state index in [1.54, 1.807) is 7.05 Å². The number of hydrogen-bond acceptors (Lipinski definition) is 4. The normalized spacial score (nSPS) is 23.1. The van der Waals surface area contributed by atoms with Crippen molar-refractivity contribution in [1.29, 1.82) is 0 Å². The molecular formula is C15H27IN6O. The quantitative estimate of drug-likeness (QED) is 0.429. The molecule has 7 nitrogen and oxygen atoms in total. The van der Waals surface area contributed by atoms with Gasteiger partial charge in [0.25, 0.3) is 0 Å². The molecule has 0 bridgehead atoms. The van der Waals surface area contributed by atoms with E-state index >= 15 is 0 Å². The van der Waals surface area contributed by atoms with Crippen LogP contribution >= 0.6 is 24.0 Å². The van der Waals surface area contributed by atoms with Crippen molar-refractivity contribution in [3.8, 4) is 0 Å². The van der Waals surface area contributed by atoms with Gasteiger partial charge in [0.2, 0.25) is 0 Å². The molecule has 1 aromatic rings. The van der Waals surface area contributed by atoms with E-state index in [9.17, 15) is 0 Å². The number of halogens is 1. The van der Waals surface area contributed by atoms with Gasteiger partial charge in [-0.2, -0.15) is 0 Å². The molecule has 1 saturated carbocycles. The molecule has 23 heavy (non-hydrogen) atoms. The Morgan fingerprint density at radius 3 is 2.78 bits per heavy atom. The zero-order valence-electron chi connectivity index (χ0n) is 14.1. The molecule has 0 aromatic carbocycles. The molecule has 2 fully saturated rings. The maximum Gasteiger partial charge on any atom is 0.191 e. The molecule has 1 aliphatic carbocycles. The minimum atomic E-state index is 0. The third-order valence-electron chi connectivity index (χ3n) is 4.92. The van der Waals surface area contributed by atoms with Gasteiger partial charge in [0, 0.05) is 26.7 Å². The summed E-state index contributed by atoms with van der Waals surface area (Å²) in [5.74, 6) is 2.64. The van der Waals surface area contributed by atoms with Crippen molar-refractivity contribution >= 4 is 29.9 Å². The minimum absolute atomic E-state index is 0. The summed E-state index contributed by atoms with van der Waals surface area (Å²) in [6.45, 7) is 3.41. The van der Waals surface area contributed by atoms with E-state index in [1.807, 2.05) is 18.5 Å². The highest BCUT2D eigenvalue weighted by atomic mass is 127. The number of nitrogens with zero attached hydrogens (tertiary/aromatic N) is 4. The first-order chi connectivity index (χ1) is 10.6. The topological polar surface area (TPSA) is 76.4 Å². The Bertz CT molecular complexity index is 554. The van der Waals surface area contributed by atoms with E-state index in [0.717, 1.165) is 37.1 Å². The highest BCUT2D eigenvalue weighted by Crippen LogP contribution is 2.42. The van der Waals surface area contributed by atoms with Crippen molar-refractivity contribution in [2.24, 2.45) is 12.0 Å². The van der Waals surface area contributed by atoms with Crippen LogP contribution in [0.4, 0.5) is 0 Å². The van der Waals surface area contributed by atoms with E-state index in [2.05, 4.69) is 25.8 Å². The third kappa shape index (κ3) is 4.14. The molecule has 2 heterocycles. The number of ether oxygens (including phenoxy) is 1. The fraction of sp³-hybridized carbons (Fsp3) is 0.800. The van der Waals surface area contributed by atoms with Crippen LogP contribution < -0.4 is 10.6 Å². The Balaban J connectivity index is 0.00000192. The second kappa shape index (κ2) is 7.78. The zero-order chi connectivity index (χ0) is 15.6. The molecule has 1 unspecified atom stereocenters. The molecule has 130 valence electrons. The number of aryl methyl sites for hydroxylation is 1. The number of rotatable bonds is 3. The summed E-state index contributed by atoms with van der Waals surface area (Å²) in [4.78, 5) is 4.32. The summed E-state index contributed by atoms with van der Waals surface area (Å²) in [6, 6.07) is 0.432. The highest BCUT2D eigenvalue weighted by molar-refractivity contribution is 14.0. The van der Waals surface area contributed by atoms with Crippen molar-refractivity contribution in [3.63, 3.8) is 0 Å². The van der Waals surface area contributed by atoms with E-state index in [-0.39, 0.29) is 29.6 Å². The maximum absolute atomic E-state index is 5.97. The first-order valence-electron chi connectivity index (χ1n) is 8.08. The predicted molar refractivity (Wildman–Crippen MR) is 100 cm³/mol. The summed E-state index contributed by atoms with van der Waals surface area (Å²) in [5.41, 5.74) is 0.148. The molecule has 0 radical (unpaired) electrons. The lowest BCUT2D eigenvalue weighted by Crippen LogP contribution is -2.53. The van der Waals surface area contributed by atoms with Crippen LogP contribution in [-0.4, -0.2) is 46.0 Å². The van der Waals surface area contributed by atoms with Crippen LogP contribution in [0.1, 0.15) is 43.8 Å². The standard InChI is InChI=1S/C15H26N6O.HI/c1-11-19-20-13(21(11)3)10-17-14(16-2)18-12-5-8-22-15(9-12)6-4-7-15;/h12H,4-10H2,1-3H3,(H2,16,17,18);1H. The van der Waals surface area contributed by atoms with Crippen LogP contribution in [0.5, 0.6) is 0 Å². The van der Waals surface area contributed by atoms with Crippen LogP contribution in [0.2, 0.25) is 0 Å². The van der Waals surface area contributed by atoms with Crippen molar-refractivity contribution in [3.05, 3.63) is 11.6 Å². The zero-order valence-corrected chi connectivity index (χ0v) is 16.5. The first-order valence-corrected chi connectivity index (χ1v) is 8.08. The van der Waals surface area contributed by atoms with Crippen molar-refractivity contribution < 1.29 is 4.74 Å². The molecule has 1 atom stereocenters. The average molecular weight is 434 g/mol. The summed E-state index contributed by atoms with van der Waals surface area (Å²) in [6.07, 6.45) is 5.82. The lowest BCUT2D eigenvalue weighted by atomic mass is 9.74. The number of hydrogen-bond donors (Lipinski definition) is 2. The molecular weight excluding hydrogens is 407 g/mol. The predicted octanol–water partition coefficient (Wildman–Crippen LogP) is 1.51. The molecule has 2 N–H and O–H groups in total. The van der Waals surface area contributed by atoms with E-state index < -0.39 is 0 Å². The molecule has 1 aliphatic heterocycles. The molecule has 1 aromatic heterocycles. The molecule has 1 spiro atoms. The van der Waals surface area contributed by atoms with Crippen LogP contribution in [0.25, 0.3) is 0 Å². The maximum atomic E-state index is 5.97. The Hall–Kier alpha value is -0.900. The van der Waals surface area contributed by atoms with Gasteiger partial charge in [-0.15, -0.1) is 34.2 Å². The molecule has 1 saturated heterocycles. The van der Waals surface area contributed by atoms with Gasteiger partial charge in [0.15, 0.2) is 11.8 Å². The number of nitrogens with one attached hydrogen (secondary N) is 2. The lowest BCUT2D eigenvalue weighted by molar-refractivity contribution is -0.134. The van der Waals surface area contributed by atoms with Gasteiger partial charge < -0.3 is 19.9 Å². The van der Waals surface area contributed by atoms with Gasteiger partial charge in [-0.3, -0.25) is 4.99 Å². The molecule has 0 amide bonds. The number of guanidine groups is 1. The van der Waals surface area contributed by atoms with Crippen molar-refractivity contribution in [2.45, 2.75) is 57.2 Å². The second-order valence-electron chi connectivity index (χ2n) is 6.37.